The van der Waals surface area contributed by atoms with E-state index in [1.54, 1.807) is 6.20 Å². The first-order valence-electron chi connectivity index (χ1n) is 18.9. The first-order valence-corrected chi connectivity index (χ1v) is 18.9. The molecule has 2 aliphatic heterocycles. The third-order valence-electron chi connectivity index (χ3n) is 10.7. The second kappa shape index (κ2) is 13.5. The van der Waals surface area contributed by atoms with Crippen LogP contribution in [0.1, 0.15) is 39.5 Å². The fourth-order valence-electron chi connectivity index (χ4n) is 7.79. The van der Waals surface area contributed by atoms with Crippen LogP contribution in [-0.2, 0) is 0 Å². The molecule has 10 rings (SSSR count). The standard InChI is InChI=1S/C50H38N6/c1-31-4-10-34(11-5-31)47-39-20-22-41(52-39)48(35-12-6-32(2)7-13-35)43-24-26-45(54-43)50(37-16-18-38(19-17-37)56-29-28-51-30-56)46-27-25-44(55-46)49(42-23-21-40(47)53-42)36-14-8-33(3)9-15-36/h4-30,52,55H,1-3H3. The highest BCUT2D eigenvalue weighted by molar-refractivity contribution is 5.99. The van der Waals surface area contributed by atoms with Crippen molar-refractivity contribution in [3.05, 3.63) is 180 Å². The number of aromatic nitrogens is 6. The topological polar surface area (TPSA) is 75.2 Å². The molecule has 6 heteroatoms. The Balaban J connectivity index is 1.34. The van der Waals surface area contributed by atoms with Crippen molar-refractivity contribution in [1.82, 2.24) is 29.5 Å². The number of rotatable bonds is 5. The van der Waals surface area contributed by atoms with Gasteiger partial charge in [-0.3, -0.25) is 0 Å². The first-order chi connectivity index (χ1) is 27.4. The van der Waals surface area contributed by atoms with Gasteiger partial charge in [-0.1, -0.05) is 102 Å². The van der Waals surface area contributed by atoms with Gasteiger partial charge in [0.25, 0.3) is 0 Å². The number of hydrogen-bond donors (Lipinski definition) is 2. The van der Waals surface area contributed by atoms with Crippen LogP contribution in [0.15, 0.2) is 140 Å². The van der Waals surface area contributed by atoms with E-state index in [4.69, 9.17) is 9.97 Å². The zero-order valence-electron chi connectivity index (χ0n) is 31.4. The highest BCUT2D eigenvalue weighted by Gasteiger charge is 2.19. The Kier molecular flexibility index (Phi) is 8.03. The van der Waals surface area contributed by atoms with Crippen LogP contribution < -0.4 is 0 Å². The Morgan fingerprint density at radius 2 is 0.714 bits per heavy atom. The van der Waals surface area contributed by atoms with E-state index in [-0.39, 0.29) is 0 Å². The Morgan fingerprint density at radius 3 is 1.02 bits per heavy atom. The van der Waals surface area contributed by atoms with Gasteiger partial charge in [0.15, 0.2) is 0 Å². The lowest BCUT2D eigenvalue weighted by molar-refractivity contribution is 1.06. The molecule has 6 nitrogen and oxygen atoms in total. The van der Waals surface area contributed by atoms with E-state index in [2.05, 4.69) is 181 Å². The van der Waals surface area contributed by atoms with Crippen LogP contribution in [0.25, 0.3) is 96.6 Å². The second-order valence-electron chi connectivity index (χ2n) is 14.6. The number of benzene rings is 4. The van der Waals surface area contributed by atoms with Crippen molar-refractivity contribution in [2.75, 3.05) is 0 Å². The van der Waals surface area contributed by atoms with Crippen molar-refractivity contribution in [3.8, 4) is 50.2 Å². The van der Waals surface area contributed by atoms with Crippen LogP contribution in [0.4, 0.5) is 0 Å². The van der Waals surface area contributed by atoms with Crippen molar-refractivity contribution in [2.24, 2.45) is 0 Å². The zero-order valence-corrected chi connectivity index (χ0v) is 31.4. The van der Waals surface area contributed by atoms with Crippen molar-refractivity contribution in [3.63, 3.8) is 0 Å². The molecule has 4 aromatic heterocycles. The quantitative estimate of drug-likeness (QED) is 0.186. The highest BCUT2D eigenvalue weighted by atomic mass is 15.0. The smallest absolute Gasteiger partial charge is 0.0991 e. The summed E-state index contributed by atoms with van der Waals surface area (Å²) >= 11 is 0. The predicted octanol–water partition coefficient (Wildman–Crippen LogP) is 12.4. The third kappa shape index (κ3) is 5.98. The molecule has 0 saturated carbocycles. The fraction of sp³-hybridized carbons (Fsp3) is 0.0600. The predicted molar refractivity (Wildman–Crippen MR) is 232 cm³/mol. The number of imidazole rings is 1. The third-order valence-corrected chi connectivity index (χ3v) is 10.7. The van der Waals surface area contributed by atoms with Crippen molar-refractivity contribution in [2.45, 2.75) is 20.8 Å². The first kappa shape index (κ1) is 33.3. The molecule has 0 fully saturated rings. The average molecular weight is 723 g/mol. The average Bonchev–Trinajstić information content (AvgIpc) is 4.08. The van der Waals surface area contributed by atoms with Gasteiger partial charge < -0.3 is 14.5 Å². The molecular formula is C50H38N6. The molecule has 268 valence electrons. The molecule has 4 aromatic carbocycles. The SMILES string of the molecule is Cc1ccc(-c2c3nc(c(-c4ccc(C)cc4)c4ccc([nH]4)c(-c4ccc(-n5ccnc5)cc4)c4nc(c(-c5ccc(C)cc5)c5ccc2[nH]5)C=C4)C=C3)cc1. The summed E-state index contributed by atoms with van der Waals surface area (Å²) in [5.41, 5.74) is 20.6. The van der Waals surface area contributed by atoms with Crippen molar-refractivity contribution < 1.29 is 0 Å². The van der Waals surface area contributed by atoms with E-state index in [1.165, 1.54) is 16.7 Å². The Morgan fingerprint density at radius 1 is 0.393 bits per heavy atom. The summed E-state index contributed by atoms with van der Waals surface area (Å²) in [6, 6.07) is 43.4. The molecule has 0 spiro atoms. The Labute approximate surface area is 325 Å². The molecule has 8 aromatic rings. The van der Waals surface area contributed by atoms with Crippen LogP contribution in [0.5, 0.6) is 0 Å². The van der Waals surface area contributed by atoms with Crippen LogP contribution in [-0.4, -0.2) is 29.5 Å². The maximum absolute atomic E-state index is 5.45. The van der Waals surface area contributed by atoms with Crippen LogP contribution in [0.2, 0.25) is 0 Å². The summed E-state index contributed by atoms with van der Waals surface area (Å²) in [4.78, 5) is 22.8. The van der Waals surface area contributed by atoms with E-state index in [0.29, 0.717) is 0 Å². The lowest BCUT2D eigenvalue weighted by Crippen LogP contribution is -1.91. The zero-order chi connectivity index (χ0) is 37.8. The molecule has 2 N–H and O–H groups in total. The lowest BCUT2D eigenvalue weighted by atomic mass is 10.0. The van der Waals surface area contributed by atoms with Crippen LogP contribution >= 0.6 is 0 Å². The normalized spacial score (nSPS) is 12.1. The van der Waals surface area contributed by atoms with E-state index < -0.39 is 0 Å². The fourth-order valence-corrected chi connectivity index (χ4v) is 7.79. The molecule has 8 bridgehead atoms. The molecule has 0 unspecified atom stereocenters. The molecular weight excluding hydrogens is 685 g/mol. The van der Waals surface area contributed by atoms with Crippen molar-refractivity contribution >= 4 is 46.4 Å². The number of hydrogen-bond acceptors (Lipinski definition) is 3. The molecule has 2 aliphatic rings. The largest absolute Gasteiger partial charge is 0.354 e. The Bertz CT molecular complexity index is 2950. The van der Waals surface area contributed by atoms with Gasteiger partial charge in [-0.15, -0.1) is 0 Å². The molecule has 0 amide bonds. The summed E-state index contributed by atoms with van der Waals surface area (Å²) in [7, 11) is 0. The van der Waals surface area contributed by atoms with Crippen molar-refractivity contribution in [1.29, 1.82) is 0 Å². The molecule has 0 atom stereocenters. The van der Waals surface area contributed by atoms with Gasteiger partial charge in [-0.25, -0.2) is 15.0 Å². The monoisotopic (exact) mass is 722 g/mol. The minimum Gasteiger partial charge on any atom is -0.354 e. The minimum absolute atomic E-state index is 0.879. The number of aryl methyl sites for hydroxylation is 3. The number of H-pyrrole nitrogens is 2. The number of aromatic amines is 2. The molecule has 0 aliphatic carbocycles. The van der Waals surface area contributed by atoms with Gasteiger partial charge >= 0.3 is 0 Å². The minimum atomic E-state index is 0.879. The van der Waals surface area contributed by atoms with Gasteiger partial charge in [0.2, 0.25) is 0 Å². The van der Waals surface area contributed by atoms with E-state index >= 15 is 0 Å². The number of nitrogens with zero attached hydrogens (tertiary/aromatic N) is 4. The molecule has 0 radical (unpaired) electrons. The maximum Gasteiger partial charge on any atom is 0.0991 e. The summed E-state index contributed by atoms with van der Waals surface area (Å²) in [5, 5.41) is 0. The number of nitrogens with one attached hydrogen (secondary N) is 2. The van der Waals surface area contributed by atoms with E-state index in [0.717, 1.165) is 95.0 Å². The summed E-state index contributed by atoms with van der Waals surface area (Å²) in [5.74, 6) is 0. The Hall–Kier alpha value is -7.31. The maximum atomic E-state index is 5.45. The summed E-state index contributed by atoms with van der Waals surface area (Å²) in [6.45, 7) is 6.36. The van der Waals surface area contributed by atoms with Gasteiger partial charge in [0.1, 0.15) is 0 Å². The number of fused-ring (bicyclic) bond motifs is 8. The van der Waals surface area contributed by atoms with Gasteiger partial charge in [-0.05, 0) is 104 Å². The highest BCUT2D eigenvalue weighted by Crippen LogP contribution is 2.38. The molecule has 56 heavy (non-hydrogen) atoms. The molecule has 6 heterocycles. The van der Waals surface area contributed by atoms with Gasteiger partial charge in [0.05, 0.1) is 29.1 Å². The van der Waals surface area contributed by atoms with E-state index in [1.807, 2.05) is 17.1 Å². The van der Waals surface area contributed by atoms with E-state index in [9.17, 15) is 0 Å². The van der Waals surface area contributed by atoms with Gasteiger partial charge in [-0.2, -0.15) is 0 Å². The summed E-state index contributed by atoms with van der Waals surface area (Å²) in [6.07, 6.45) is 14.2. The van der Waals surface area contributed by atoms with Crippen LogP contribution in [0.3, 0.4) is 0 Å². The van der Waals surface area contributed by atoms with Crippen LogP contribution in [0, 0.1) is 20.8 Å². The lowest BCUT2D eigenvalue weighted by Gasteiger charge is -2.08. The second-order valence-corrected chi connectivity index (χ2v) is 14.6. The van der Waals surface area contributed by atoms with Gasteiger partial charge in [0, 0.05) is 62.4 Å². The summed E-state index contributed by atoms with van der Waals surface area (Å²) < 4.78 is 2.01. The molecule has 0 saturated heterocycles.